The lowest BCUT2D eigenvalue weighted by atomic mass is 10.2. The summed E-state index contributed by atoms with van der Waals surface area (Å²) in [5.74, 6) is 0. The fourth-order valence-electron chi connectivity index (χ4n) is 1.21. The van der Waals surface area contributed by atoms with Gasteiger partial charge < -0.3 is 9.80 Å². The molecule has 1 aromatic rings. The lowest BCUT2D eigenvalue weighted by Crippen LogP contribution is -2.08. The van der Waals surface area contributed by atoms with E-state index in [9.17, 15) is 0 Å². The summed E-state index contributed by atoms with van der Waals surface area (Å²) in [6.07, 6.45) is 3.82. The molecular formula is C13H19N3. The molecule has 0 atom stereocenters. The summed E-state index contributed by atoms with van der Waals surface area (Å²) in [5, 5.41) is 0. The highest BCUT2D eigenvalue weighted by Crippen LogP contribution is 2.15. The highest BCUT2D eigenvalue weighted by atomic mass is 15.1. The first-order valence-corrected chi connectivity index (χ1v) is 5.24. The van der Waals surface area contributed by atoms with Crippen LogP contribution in [0.5, 0.6) is 0 Å². The number of benzene rings is 1. The average molecular weight is 217 g/mol. The van der Waals surface area contributed by atoms with Crippen LogP contribution in [-0.2, 0) is 0 Å². The normalized spacial score (nSPS) is 11.9. The fraction of sp³-hybridized carbons (Fsp3) is 0.308. The van der Waals surface area contributed by atoms with Gasteiger partial charge in [0.2, 0.25) is 0 Å². The molecule has 0 bridgehead atoms. The van der Waals surface area contributed by atoms with Gasteiger partial charge in [-0.2, -0.15) is 0 Å². The summed E-state index contributed by atoms with van der Waals surface area (Å²) in [5.41, 5.74) is 2.08. The Labute approximate surface area is 97.7 Å². The maximum atomic E-state index is 4.45. The largest absolute Gasteiger partial charge is 0.382 e. The van der Waals surface area contributed by atoms with Gasteiger partial charge in [0.05, 0.1) is 12.0 Å². The van der Waals surface area contributed by atoms with Crippen LogP contribution in [0.3, 0.4) is 0 Å². The highest BCUT2D eigenvalue weighted by molar-refractivity contribution is 5.72. The van der Waals surface area contributed by atoms with Gasteiger partial charge in [-0.25, -0.2) is 4.99 Å². The van der Waals surface area contributed by atoms with Crippen molar-refractivity contribution in [2.24, 2.45) is 4.99 Å². The van der Waals surface area contributed by atoms with Gasteiger partial charge in [0, 0.05) is 40.0 Å². The van der Waals surface area contributed by atoms with E-state index in [1.165, 1.54) is 0 Å². The Hall–Kier alpha value is -1.77. The van der Waals surface area contributed by atoms with Crippen LogP contribution in [-0.4, -0.2) is 44.3 Å². The first-order valence-electron chi connectivity index (χ1n) is 5.24. The summed E-state index contributed by atoms with van der Waals surface area (Å²) in [6, 6.07) is 10.2. The third-order valence-electron chi connectivity index (χ3n) is 1.88. The van der Waals surface area contributed by atoms with E-state index in [-0.39, 0.29) is 0 Å². The quantitative estimate of drug-likeness (QED) is 0.568. The van der Waals surface area contributed by atoms with Crippen LogP contribution in [0.15, 0.2) is 41.5 Å². The predicted octanol–water partition coefficient (Wildman–Crippen LogP) is 2.14. The van der Waals surface area contributed by atoms with Crippen molar-refractivity contribution in [2.45, 2.75) is 0 Å². The molecule has 0 aromatic heterocycles. The van der Waals surface area contributed by atoms with Crippen LogP contribution in [0.4, 0.5) is 0 Å². The van der Waals surface area contributed by atoms with Crippen LogP contribution in [0, 0.1) is 0 Å². The number of aliphatic imine (C=N–C) groups is 1. The van der Waals surface area contributed by atoms with E-state index < -0.39 is 0 Å². The highest BCUT2D eigenvalue weighted by Gasteiger charge is 1.98. The summed E-state index contributed by atoms with van der Waals surface area (Å²) < 4.78 is 0. The van der Waals surface area contributed by atoms with E-state index in [1.807, 2.05) is 68.7 Å². The summed E-state index contributed by atoms with van der Waals surface area (Å²) in [6.45, 7) is 0. The molecule has 0 heterocycles. The minimum absolute atomic E-state index is 0.958. The maximum Gasteiger partial charge on any atom is 0.0908 e. The SMILES string of the molecule is CN(C)C=N/C(=C\N(C)C)c1ccccc1. The van der Waals surface area contributed by atoms with Crippen molar-refractivity contribution in [3.8, 4) is 0 Å². The number of nitrogens with zero attached hydrogens (tertiary/aromatic N) is 3. The first kappa shape index (κ1) is 12.3. The summed E-state index contributed by atoms with van der Waals surface area (Å²) in [7, 11) is 7.91. The van der Waals surface area contributed by atoms with Gasteiger partial charge in [-0.15, -0.1) is 0 Å². The maximum absolute atomic E-state index is 4.45. The molecule has 0 unspecified atom stereocenters. The molecule has 0 fully saturated rings. The molecule has 0 saturated heterocycles. The van der Waals surface area contributed by atoms with Gasteiger partial charge in [-0.3, -0.25) is 0 Å². The predicted molar refractivity (Wildman–Crippen MR) is 70.3 cm³/mol. The van der Waals surface area contributed by atoms with Crippen molar-refractivity contribution >= 4 is 12.0 Å². The Kier molecular flexibility index (Phi) is 4.58. The third kappa shape index (κ3) is 4.17. The van der Waals surface area contributed by atoms with E-state index in [4.69, 9.17) is 0 Å². The molecular weight excluding hydrogens is 198 g/mol. The van der Waals surface area contributed by atoms with Crippen molar-refractivity contribution < 1.29 is 0 Å². The minimum atomic E-state index is 0.958. The third-order valence-corrected chi connectivity index (χ3v) is 1.88. The molecule has 0 saturated carbocycles. The topological polar surface area (TPSA) is 18.8 Å². The zero-order valence-corrected chi connectivity index (χ0v) is 10.4. The van der Waals surface area contributed by atoms with E-state index in [1.54, 1.807) is 0 Å². The molecule has 0 N–H and O–H groups in total. The molecule has 16 heavy (non-hydrogen) atoms. The lowest BCUT2D eigenvalue weighted by molar-refractivity contribution is 0.564. The molecule has 0 radical (unpaired) electrons. The van der Waals surface area contributed by atoms with Crippen molar-refractivity contribution in [2.75, 3.05) is 28.2 Å². The molecule has 0 spiro atoms. The number of hydrogen-bond acceptors (Lipinski definition) is 2. The molecule has 3 nitrogen and oxygen atoms in total. The van der Waals surface area contributed by atoms with E-state index in [2.05, 4.69) is 17.1 Å². The van der Waals surface area contributed by atoms with Gasteiger partial charge >= 0.3 is 0 Å². The number of rotatable bonds is 4. The molecule has 0 aliphatic rings. The molecule has 1 aromatic carbocycles. The first-order chi connectivity index (χ1) is 7.59. The molecule has 0 amide bonds. The second-order valence-corrected chi connectivity index (χ2v) is 4.05. The molecule has 0 aliphatic heterocycles. The van der Waals surface area contributed by atoms with Crippen molar-refractivity contribution in [1.29, 1.82) is 0 Å². The van der Waals surface area contributed by atoms with Crippen molar-refractivity contribution in [3.05, 3.63) is 42.1 Å². The summed E-state index contributed by atoms with van der Waals surface area (Å²) in [4.78, 5) is 8.37. The second kappa shape index (κ2) is 5.95. The monoisotopic (exact) mass is 217 g/mol. The van der Waals surface area contributed by atoms with E-state index in [0.717, 1.165) is 11.3 Å². The molecule has 1 rings (SSSR count). The second-order valence-electron chi connectivity index (χ2n) is 4.05. The van der Waals surface area contributed by atoms with Crippen molar-refractivity contribution in [1.82, 2.24) is 9.80 Å². The standard InChI is InChI=1S/C13H19N3/c1-15(2)10-13(14-11-16(3)4)12-8-6-5-7-9-12/h5-11H,1-4H3/b13-10-,14-11?. The van der Waals surface area contributed by atoms with Crippen LogP contribution in [0.1, 0.15) is 5.56 Å². The lowest BCUT2D eigenvalue weighted by Gasteiger charge is -2.10. The van der Waals surface area contributed by atoms with E-state index in [0.29, 0.717) is 0 Å². The van der Waals surface area contributed by atoms with Gasteiger partial charge in [0.25, 0.3) is 0 Å². The molecule has 0 aliphatic carbocycles. The van der Waals surface area contributed by atoms with Gasteiger partial charge in [0.1, 0.15) is 0 Å². The minimum Gasteiger partial charge on any atom is -0.382 e. The molecule has 86 valence electrons. The fourth-order valence-corrected chi connectivity index (χ4v) is 1.21. The van der Waals surface area contributed by atoms with Crippen LogP contribution in [0.2, 0.25) is 0 Å². The van der Waals surface area contributed by atoms with E-state index >= 15 is 0 Å². The molecule has 3 heteroatoms. The van der Waals surface area contributed by atoms with Gasteiger partial charge in [-0.1, -0.05) is 30.3 Å². The van der Waals surface area contributed by atoms with Crippen LogP contribution < -0.4 is 0 Å². The Bertz CT molecular complexity index is 364. The zero-order chi connectivity index (χ0) is 12.0. The van der Waals surface area contributed by atoms with Crippen LogP contribution >= 0.6 is 0 Å². The number of hydrogen-bond donors (Lipinski definition) is 0. The Morgan fingerprint density at radius 1 is 1.00 bits per heavy atom. The van der Waals surface area contributed by atoms with Gasteiger partial charge in [-0.05, 0) is 0 Å². The van der Waals surface area contributed by atoms with Crippen LogP contribution in [0.25, 0.3) is 5.70 Å². The Balaban J connectivity index is 2.98. The zero-order valence-electron chi connectivity index (χ0n) is 10.4. The van der Waals surface area contributed by atoms with Gasteiger partial charge in [0.15, 0.2) is 0 Å². The smallest absolute Gasteiger partial charge is 0.0908 e. The summed E-state index contributed by atoms with van der Waals surface area (Å²) >= 11 is 0. The van der Waals surface area contributed by atoms with Crippen molar-refractivity contribution in [3.63, 3.8) is 0 Å². The average Bonchev–Trinajstić information content (AvgIpc) is 2.25. The Morgan fingerprint density at radius 3 is 2.12 bits per heavy atom. The Morgan fingerprint density at radius 2 is 1.62 bits per heavy atom.